The van der Waals surface area contributed by atoms with Gasteiger partial charge in [0.15, 0.2) is 5.82 Å². The van der Waals surface area contributed by atoms with Crippen LogP contribution in [0.5, 0.6) is 0 Å². The van der Waals surface area contributed by atoms with Gasteiger partial charge in [0.2, 0.25) is 0 Å². The normalized spacial score (nSPS) is 10.2. The fourth-order valence-electron chi connectivity index (χ4n) is 2.79. The molecule has 0 aliphatic heterocycles. The van der Waals surface area contributed by atoms with Crippen molar-refractivity contribution in [2.24, 2.45) is 0 Å². The van der Waals surface area contributed by atoms with Crippen molar-refractivity contribution in [3.05, 3.63) is 96.3 Å². The molecular weight excluding hydrogens is 360 g/mol. The molecule has 0 aliphatic carbocycles. The second-order valence-corrected chi connectivity index (χ2v) is 6.35. The monoisotopic (exact) mass is 378 g/mol. The fraction of sp³-hybridized carbons (Fsp3) is 0.0435. The van der Waals surface area contributed by atoms with Gasteiger partial charge in [0.1, 0.15) is 11.6 Å². The molecule has 4 aromatic rings. The molecule has 6 nitrogen and oxygen atoms in total. The van der Waals surface area contributed by atoms with E-state index in [9.17, 15) is 0 Å². The van der Waals surface area contributed by atoms with Gasteiger partial charge in [-0.3, -0.25) is 4.98 Å². The van der Waals surface area contributed by atoms with Crippen molar-refractivity contribution in [2.75, 3.05) is 10.6 Å². The minimum atomic E-state index is 0.614. The van der Waals surface area contributed by atoms with Crippen LogP contribution in [-0.2, 0) is 6.54 Å². The Morgan fingerprint density at radius 3 is 2.28 bits per heavy atom. The summed E-state index contributed by atoms with van der Waals surface area (Å²) in [6.07, 6.45) is 3.54. The van der Waals surface area contributed by atoms with Crippen molar-refractivity contribution in [2.45, 2.75) is 6.54 Å². The summed E-state index contributed by atoms with van der Waals surface area (Å²) in [6.45, 7) is 0.629. The molecular formula is C23H18N6. The van der Waals surface area contributed by atoms with Gasteiger partial charge in [-0.1, -0.05) is 30.3 Å². The first kappa shape index (κ1) is 18.1. The number of hydrogen-bond donors (Lipinski definition) is 2. The Morgan fingerprint density at radius 1 is 0.828 bits per heavy atom. The topological polar surface area (TPSA) is 86.5 Å². The minimum Gasteiger partial charge on any atom is -0.366 e. The summed E-state index contributed by atoms with van der Waals surface area (Å²) >= 11 is 0. The van der Waals surface area contributed by atoms with E-state index in [1.54, 1.807) is 24.5 Å². The lowest BCUT2D eigenvalue weighted by molar-refractivity contribution is 1.08. The third-order valence-corrected chi connectivity index (χ3v) is 4.27. The summed E-state index contributed by atoms with van der Waals surface area (Å²) in [6, 6.07) is 25.0. The third kappa shape index (κ3) is 4.73. The Hall–Kier alpha value is -4.24. The Morgan fingerprint density at radius 2 is 1.55 bits per heavy atom. The lowest BCUT2D eigenvalue weighted by atomic mass is 10.2. The number of nitrogens with zero attached hydrogens (tertiary/aromatic N) is 4. The molecule has 2 heterocycles. The Kier molecular flexibility index (Phi) is 5.40. The molecule has 0 bridgehead atoms. The molecule has 0 spiro atoms. The minimum absolute atomic E-state index is 0.614. The van der Waals surface area contributed by atoms with E-state index in [0.717, 1.165) is 16.8 Å². The summed E-state index contributed by atoms with van der Waals surface area (Å²) in [5, 5.41) is 15.6. The summed E-state index contributed by atoms with van der Waals surface area (Å²) < 4.78 is 0. The SMILES string of the molecule is N#Cc1ccc(Nc2cc(NCc3ccncc3)nc(-c3ccccc3)n2)cc1. The molecule has 0 saturated carbocycles. The van der Waals surface area contributed by atoms with E-state index < -0.39 is 0 Å². The van der Waals surface area contributed by atoms with Gasteiger partial charge in [-0.2, -0.15) is 5.26 Å². The predicted molar refractivity (Wildman–Crippen MR) is 113 cm³/mol. The number of hydrogen-bond acceptors (Lipinski definition) is 6. The summed E-state index contributed by atoms with van der Waals surface area (Å²) in [5.41, 5.74) is 3.51. The van der Waals surface area contributed by atoms with Gasteiger partial charge < -0.3 is 10.6 Å². The smallest absolute Gasteiger partial charge is 0.163 e. The number of nitriles is 1. The molecule has 2 N–H and O–H groups in total. The van der Waals surface area contributed by atoms with Gasteiger partial charge in [0, 0.05) is 36.3 Å². The van der Waals surface area contributed by atoms with Crippen LogP contribution in [0.2, 0.25) is 0 Å². The quantitative estimate of drug-likeness (QED) is 0.503. The van der Waals surface area contributed by atoms with Crippen molar-refractivity contribution < 1.29 is 0 Å². The highest BCUT2D eigenvalue weighted by Crippen LogP contribution is 2.23. The van der Waals surface area contributed by atoms with Gasteiger partial charge >= 0.3 is 0 Å². The lowest BCUT2D eigenvalue weighted by Crippen LogP contribution is -2.05. The second kappa shape index (κ2) is 8.63. The molecule has 0 radical (unpaired) electrons. The first-order valence-corrected chi connectivity index (χ1v) is 9.14. The molecule has 0 saturated heterocycles. The maximum absolute atomic E-state index is 8.97. The zero-order valence-electron chi connectivity index (χ0n) is 15.6. The van der Waals surface area contributed by atoms with Crippen LogP contribution in [-0.4, -0.2) is 15.0 Å². The van der Waals surface area contributed by atoms with Crippen LogP contribution in [0.1, 0.15) is 11.1 Å². The van der Waals surface area contributed by atoms with Crippen molar-refractivity contribution in [1.82, 2.24) is 15.0 Å². The Labute approximate surface area is 168 Å². The number of anilines is 3. The average molecular weight is 378 g/mol. The van der Waals surface area contributed by atoms with Crippen molar-refractivity contribution in [3.63, 3.8) is 0 Å². The summed E-state index contributed by atoms with van der Waals surface area (Å²) in [7, 11) is 0. The van der Waals surface area contributed by atoms with Crippen molar-refractivity contribution in [1.29, 1.82) is 5.26 Å². The van der Waals surface area contributed by atoms with Crippen LogP contribution >= 0.6 is 0 Å². The zero-order valence-corrected chi connectivity index (χ0v) is 15.6. The molecule has 140 valence electrons. The molecule has 6 heteroatoms. The molecule has 4 rings (SSSR count). The zero-order chi connectivity index (χ0) is 19.9. The summed E-state index contributed by atoms with van der Waals surface area (Å²) in [4.78, 5) is 13.4. The van der Waals surface area contributed by atoms with E-state index in [-0.39, 0.29) is 0 Å². The standard InChI is InChI=1S/C23H18N6/c24-15-17-6-8-20(9-7-17)27-22-14-21(26-16-18-10-12-25-13-11-18)28-23(29-22)19-4-2-1-3-5-19/h1-14H,16H2,(H2,26,27,28,29). The number of pyridine rings is 1. The first-order chi connectivity index (χ1) is 14.3. The van der Waals surface area contributed by atoms with Crippen LogP contribution in [0.4, 0.5) is 17.3 Å². The number of benzene rings is 2. The van der Waals surface area contributed by atoms with Gasteiger partial charge in [-0.05, 0) is 42.0 Å². The fourth-order valence-corrected chi connectivity index (χ4v) is 2.79. The highest BCUT2D eigenvalue weighted by atomic mass is 15.1. The van der Waals surface area contributed by atoms with E-state index >= 15 is 0 Å². The largest absolute Gasteiger partial charge is 0.366 e. The summed E-state index contributed by atoms with van der Waals surface area (Å²) in [5.74, 6) is 2.01. The molecule has 2 aromatic carbocycles. The molecule has 0 amide bonds. The highest BCUT2D eigenvalue weighted by molar-refractivity contribution is 5.65. The van der Waals surface area contributed by atoms with E-state index in [1.165, 1.54) is 0 Å². The average Bonchev–Trinajstić information content (AvgIpc) is 2.79. The third-order valence-electron chi connectivity index (χ3n) is 4.27. The van der Waals surface area contributed by atoms with Crippen molar-refractivity contribution >= 4 is 17.3 Å². The van der Waals surface area contributed by atoms with E-state index in [4.69, 9.17) is 5.26 Å². The van der Waals surface area contributed by atoms with Gasteiger partial charge in [-0.15, -0.1) is 0 Å². The molecule has 0 atom stereocenters. The van der Waals surface area contributed by atoms with Gasteiger partial charge in [-0.25, -0.2) is 9.97 Å². The lowest BCUT2D eigenvalue weighted by Gasteiger charge is -2.12. The van der Waals surface area contributed by atoms with E-state index in [2.05, 4.69) is 31.7 Å². The van der Waals surface area contributed by atoms with Crippen LogP contribution < -0.4 is 10.6 Å². The maximum atomic E-state index is 8.97. The molecule has 29 heavy (non-hydrogen) atoms. The Bertz CT molecular complexity index is 1120. The van der Waals surface area contributed by atoms with Crippen LogP contribution in [0, 0.1) is 11.3 Å². The molecule has 0 aliphatic rings. The van der Waals surface area contributed by atoms with Gasteiger partial charge in [0.05, 0.1) is 11.6 Å². The first-order valence-electron chi connectivity index (χ1n) is 9.14. The number of aromatic nitrogens is 3. The maximum Gasteiger partial charge on any atom is 0.163 e. The van der Waals surface area contributed by atoms with Crippen LogP contribution in [0.25, 0.3) is 11.4 Å². The molecule has 2 aromatic heterocycles. The van der Waals surface area contributed by atoms with Crippen LogP contribution in [0.15, 0.2) is 85.2 Å². The number of rotatable bonds is 6. The van der Waals surface area contributed by atoms with Gasteiger partial charge in [0.25, 0.3) is 0 Å². The van der Waals surface area contributed by atoms with E-state index in [0.29, 0.717) is 29.6 Å². The molecule has 0 unspecified atom stereocenters. The Balaban J connectivity index is 1.63. The second-order valence-electron chi connectivity index (χ2n) is 6.35. The van der Waals surface area contributed by atoms with Crippen LogP contribution in [0.3, 0.4) is 0 Å². The molecule has 0 fully saturated rings. The number of nitrogens with one attached hydrogen (secondary N) is 2. The van der Waals surface area contributed by atoms with Crippen molar-refractivity contribution in [3.8, 4) is 17.5 Å². The van der Waals surface area contributed by atoms with E-state index in [1.807, 2.05) is 60.7 Å². The predicted octanol–water partition coefficient (Wildman–Crippen LogP) is 4.77. The highest BCUT2D eigenvalue weighted by Gasteiger charge is 2.08.